The lowest BCUT2D eigenvalue weighted by molar-refractivity contribution is 0.0920. The second kappa shape index (κ2) is 6.87. The normalized spacial score (nSPS) is 13.8. The molecule has 0 bridgehead atoms. The van der Waals surface area contributed by atoms with Crippen LogP contribution in [0.1, 0.15) is 46.2 Å². The second-order valence-electron chi connectivity index (χ2n) is 5.29. The number of nitrogens with two attached hydrogens (primary N) is 1. The third kappa shape index (κ3) is 3.45. The predicted molar refractivity (Wildman–Crippen MR) is 82.1 cm³/mol. The van der Waals surface area contributed by atoms with Crippen LogP contribution in [0.15, 0.2) is 18.3 Å². The van der Waals surface area contributed by atoms with Crippen molar-refractivity contribution in [2.24, 2.45) is 0 Å². The number of likely N-dealkylation sites (N-methyl/N-ethyl adjacent to an activating group) is 2. The summed E-state index contributed by atoms with van der Waals surface area (Å²) >= 11 is 0. The van der Waals surface area contributed by atoms with E-state index in [0.717, 1.165) is 25.2 Å². The summed E-state index contributed by atoms with van der Waals surface area (Å²) in [6, 6.07) is 4.20. The van der Waals surface area contributed by atoms with Crippen LogP contribution in [0.3, 0.4) is 0 Å². The first-order valence-corrected chi connectivity index (χ1v) is 7.17. The van der Waals surface area contributed by atoms with Crippen LogP contribution < -0.4 is 11.1 Å². The summed E-state index contributed by atoms with van der Waals surface area (Å²) in [6.45, 7) is 14.0. The van der Waals surface area contributed by atoms with Crippen molar-refractivity contribution in [3.05, 3.63) is 23.9 Å². The number of nitrogens with one attached hydrogen (secondary N) is 1. The molecule has 0 aliphatic carbocycles. The molecule has 1 aromatic heterocycles. The maximum absolute atomic E-state index is 6.06. The van der Waals surface area contributed by atoms with Gasteiger partial charge in [0.15, 0.2) is 0 Å². The first kappa shape index (κ1) is 15.9. The fourth-order valence-corrected chi connectivity index (χ4v) is 2.84. The summed E-state index contributed by atoms with van der Waals surface area (Å²) < 4.78 is 0. The van der Waals surface area contributed by atoms with Gasteiger partial charge in [0.25, 0.3) is 0 Å². The molecule has 0 aliphatic rings. The van der Waals surface area contributed by atoms with E-state index < -0.39 is 0 Å². The highest BCUT2D eigenvalue weighted by Crippen LogP contribution is 2.33. The molecule has 3 N–H and O–H groups in total. The minimum absolute atomic E-state index is 0.0172. The van der Waals surface area contributed by atoms with Crippen molar-refractivity contribution in [3.63, 3.8) is 0 Å². The molecular weight excluding hydrogens is 236 g/mol. The van der Waals surface area contributed by atoms with Crippen molar-refractivity contribution >= 4 is 5.82 Å². The zero-order chi connectivity index (χ0) is 14.5. The maximum atomic E-state index is 6.06. The Morgan fingerprint density at radius 1 is 1.32 bits per heavy atom. The fourth-order valence-electron chi connectivity index (χ4n) is 2.84. The molecule has 1 atom stereocenters. The Morgan fingerprint density at radius 2 is 1.95 bits per heavy atom. The van der Waals surface area contributed by atoms with E-state index >= 15 is 0 Å². The Labute approximate surface area is 117 Å². The molecule has 1 rings (SSSR count). The predicted octanol–water partition coefficient (Wildman–Crippen LogP) is 2.43. The molecule has 0 spiro atoms. The SMILES string of the molecule is CCNC(c1cccnc1N)C(C)(C)N(CC)CC. The van der Waals surface area contributed by atoms with Gasteiger partial charge in [0.1, 0.15) is 5.82 Å². The standard InChI is InChI=1S/C15H28N4/c1-6-17-13(12-10-9-11-18-14(12)16)15(4,5)19(7-2)8-3/h9-11,13,17H,6-8H2,1-5H3,(H2,16,18). The average molecular weight is 264 g/mol. The van der Waals surface area contributed by atoms with Gasteiger partial charge in [-0.2, -0.15) is 0 Å². The molecule has 108 valence electrons. The molecule has 0 radical (unpaired) electrons. The molecule has 4 heteroatoms. The van der Waals surface area contributed by atoms with E-state index in [9.17, 15) is 0 Å². The third-order valence-electron chi connectivity index (χ3n) is 3.88. The van der Waals surface area contributed by atoms with E-state index in [1.165, 1.54) is 0 Å². The molecule has 4 nitrogen and oxygen atoms in total. The molecule has 0 saturated heterocycles. The molecule has 1 unspecified atom stereocenters. The highest BCUT2D eigenvalue weighted by atomic mass is 15.2. The Morgan fingerprint density at radius 3 is 2.42 bits per heavy atom. The molecule has 0 aliphatic heterocycles. The van der Waals surface area contributed by atoms with Crippen molar-refractivity contribution in [2.45, 2.75) is 46.2 Å². The zero-order valence-corrected chi connectivity index (χ0v) is 12.9. The minimum Gasteiger partial charge on any atom is -0.383 e. The highest BCUT2D eigenvalue weighted by molar-refractivity contribution is 5.42. The molecule has 0 aromatic carbocycles. The second-order valence-corrected chi connectivity index (χ2v) is 5.29. The lowest BCUT2D eigenvalue weighted by atomic mass is 9.86. The topological polar surface area (TPSA) is 54.2 Å². The van der Waals surface area contributed by atoms with Crippen LogP contribution >= 0.6 is 0 Å². The average Bonchev–Trinajstić information content (AvgIpc) is 2.38. The van der Waals surface area contributed by atoms with Gasteiger partial charge in [0, 0.05) is 17.3 Å². The number of rotatable bonds is 7. The number of nitrogen functional groups attached to an aromatic ring is 1. The van der Waals surface area contributed by atoms with Gasteiger partial charge in [-0.15, -0.1) is 0 Å². The zero-order valence-electron chi connectivity index (χ0n) is 12.9. The van der Waals surface area contributed by atoms with E-state index in [-0.39, 0.29) is 11.6 Å². The summed E-state index contributed by atoms with van der Waals surface area (Å²) in [7, 11) is 0. The minimum atomic E-state index is -0.0172. The van der Waals surface area contributed by atoms with Crippen LogP contribution in [-0.2, 0) is 0 Å². The van der Waals surface area contributed by atoms with Crippen molar-refractivity contribution in [1.29, 1.82) is 0 Å². The van der Waals surface area contributed by atoms with Crippen molar-refractivity contribution in [1.82, 2.24) is 15.2 Å². The van der Waals surface area contributed by atoms with Gasteiger partial charge in [-0.25, -0.2) is 4.98 Å². The first-order chi connectivity index (χ1) is 8.98. The van der Waals surface area contributed by atoms with Crippen molar-refractivity contribution in [2.75, 3.05) is 25.4 Å². The Balaban J connectivity index is 3.16. The highest BCUT2D eigenvalue weighted by Gasteiger charge is 2.35. The summed E-state index contributed by atoms with van der Waals surface area (Å²) in [6.07, 6.45) is 1.74. The summed E-state index contributed by atoms with van der Waals surface area (Å²) in [5.41, 5.74) is 7.13. The van der Waals surface area contributed by atoms with Crippen LogP contribution in [0.2, 0.25) is 0 Å². The van der Waals surface area contributed by atoms with E-state index in [0.29, 0.717) is 5.82 Å². The van der Waals surface area contributed by atoms with Gasteiger partial charge in [-0.1, -0.05) is 26.8 Å². The van der Waals surface area contributed by atoms with E-state index in [1.54, 1.807) is 6.20 Å². The lowest BCUT2D eigenvalue weighted by Gasteiger charge is -2.44. The van der Waals surface area contributed by atoms with Gasteiger partial charge in [-0.3, -0.25) is 4.90 Å². The number of aromatic nitrogens is 1. The smallest absolute Gasteiger partial charge is 0.128 e. The van der Waals surface area contributed by atoms with Gasteiger partial charge in [0.05, 0.1) is 6.04 Å². The summed E-state index contributed by atoms with van der Waals surface area (Å²) in [5, 5.41) is 3.57. The van der Waals surface area contributed by atoms with Crippen LogP contribution in [-0.4, -0.2) is 35.1 Å². The largest absolute Gasteiger partial charge is 0.383 e. The van der Waals surface area contributed by atoms with Crippen molar-refractivity contribution in [3.8, 4) is 0 Å². The molecule has 0 saturated carbocycles. The number of anilines is 1. The van der Waals surface area contributed by atoms with E-state index in [1.807, 2.05) is 6.07 Å². The molecule has 19 heavy (non-hydrogen) atoms. The molecule has 0 fully saturated rings. The van der Waals surface area contributed by atoms with Crippen molar-refractivity contribution < 1.29 is 0 Å². The molecule has 0 amide bonds. The fraction of sp³-hybridized carbons (Fsp3) is 0.667. The Hall–Kier alpha value is -1.13. The monoisotopic (exact) mass is 264 g/mol. The quantitative estimate of drug-likeness (QED) is 0.794. The number of nitrogens with zero attached hydrogens (tertiary/aromatic N) is 2. The van der Waals surface area contributed by atoms with E-state index in [4.69, 9.17) is 5.73 Å². The Kier molecular flexibility index (Phi) is 5.76. The third-order valence-corrected chi connectivity index (χ3v) is 3.88. The van der Waals surface area contributed by atoms with Crippen LogP contribution in [0, 0.1) is 0 Å². The molecule has 1 aromatic rings. The van der Waals surface area contributed by atoms with Gasteiger partial charge < -0.3 is 11.1 Å². The van der Waals surface area contributed by atoms with Gasteiger partial charge in [-0.05, 0) is 39.5 Å². The molecular formula is C15H28N4. The number of hydrogen-bond donors (Lipinski definition) is 2. The van der Waals surface area contributed by atoms with E-state index in [2.05, 4.69) is 55.9 Å². The first-order valence-electron chi connectivity index (χ1n) is 7.17. The van der Waals surface area contributed by atoms with Gasteiger partial charge >= 0.3 is 0 Å². The maximum Gasteiger partial charge on any atom is 0.128 e. The van der Waals surface area contributed by atoms with Crippen LogP contribution in [0.25, 0.3) is 0 Å². The summed E-state index contributed by atoms with van der Waals surface area (Å²) in [5.74, 6) is 0.619. The summed E-state index contributed by atoms with van der Waals surface area (Å²) in [4.78, 5) is 6.68. The lowest BCUT2D eigenvalue weighted by Crippen LogP contribution is -2.52. The van der Waals surface area contributed by atoms with Gasteiger partial charge in [0.2, 0.25) is 0 Å². The number of pyridine rings is 1. The van der Waals surface area contributed by atoms with Crippen LogP contribution in [0.4, 0.5) is 5.82 Å². The molecule has 1 heterocycles. The Bertz CT molecular complexity index is 385. The van der Waals surface area contributed by atoms with Crippen LogP contribution in [0.5, 0.6) is 0 Å². The number of hydrogen-bond acceptors (Lipinski definition) is 4.